The number of carbonyl (C=O) groups is 1. The zero-order chi connectivity index (χ0) is 13.7. The Hall–Kier alpha value is -2.56. The van der Waals surface area contributed by atoms with Crippen molar-refractivity contribution in [3.05, 3.63) is 48.2 Å². The highest BCUT2D eigenvalue weighted by Gasteiger charge is 2.05. The zero-order valence-corrected chi connectivity index (χ0v) is 10.6. The lowest BCUT2D eigenvalue weighted by Gasteiger charge is -2.06. The molecule has 0 radical (unpaired) electrons. The fourth-order valence-electron chi connectivity index (χ4n) is 1.45. The second-order valence-electron chi connectivity index (χ2n) is 3.65. The van der Waals surface area contributed by atoms with Crippen molar-refractivity contribution in [2.24, 2.45) is 0 Å². The first kappa shape index (κ1) is 12.9. The maximum absolute atomic E-state index is 11.3. The van der Waals surface area contributed by atoms with Gasteiger partial charge in [0.15, 0.2) is 0 Å². The minimum absolute atomic E-state index is 0.380. The van der Waals surface area contributed by atoms with Crippen molar-refractivity contribution in [2.45, 2.75) is 0 Å². The van der Waals surface area contributed by atoms with Crippen LogP contribution >= 0.6 is 0 Å². The van der Waals surface area contributed by atoms with Gasteiger partial charge in [-0.05, 0) is 30.3 Å². The molecule has 0 saturated heterocycles. The molecule has 0 amide bonds. The molecule has 0 aliphatic heterocycles. The van der Waals surface area contributed by atoms with Crippen molar-refractivity contribution in [3.8, 4) is 17.4 Å². The van der Waals surface area contributed by atoms with Gasteiger partial charge < -0.3 is 14.2 Å². The van der Waals surface area contributed by atoms with E-state index < -0.39 is 0 Å². The van der Waals surface area contributed by atoms with E-state index in [2.05, 4.69) is 9.72 Å². The van der Waals surface area contributed by atoms with Crippen LogP contribution in [0.15, 0.2) is 42.6 Å². The molecular formula is C14H13NO4. The van der Waals surface area contributed by atoms with Crippen molar-refractivity contribution < 1.29 is 19.0 Å². The minimum atomic E-state index is -0.380. The van der Waals surface area contributed by atoms with Crippen LogP contribution in [0.4, 0.5) is 0 Å². The van der Waals surface area contributed by atoms with Crippen LogP contribution in [-0.2, 0) is 4.74 Å². The molecule has 0 aliphatic rings. The topological polar surface area (TPSA) is 57.7 Å². The summed E-state index contributed by atoms with van der Waals surface area (Å²) in [5.74, 6) is 1.32. The lowest BCUT2D eigenvalue weighted by atomic mass is 10.2. The fraction of sp³-hybridized carbons (Fsp3) is 0.143. The Balaban J connectivity index is 2.08. The van der Waals surface area contributed by atoms with Gasteiger partial charge >= 0.3 is 5.97 Å². The number of aromatic nitrogens is 1. The van der Waals surface area contributed by atoms with Gasteiger partial charge in [-0.15, -0.1) is 0 Å². The van der Waals surface area contributed by atoms with E-state index in [-0.39, 0.29) is 5.97 Å². The van der Waals surface area contributed by atoms with Crippen molar-refractivity contribution in [1.82, 2.24) is 4.98 Å². The van der Waals surface area contributed by atoms with Crippen molar-refractivity contribution >= 4 is 5.97 Å². The summed E-state index contributed by atoms with van der Waals surface area (Å²) >= 11 is 0. The normalized spacial score (nSPS) is 9.79. The number of carbonyl (C=O) groups excluding carboxylic acids is 1. The van der Waals surface area contributed by atoms with E-state index in [4.69, 9.17) is 9.47 Å². The molecule has 0 fully saturated rings. The highest BCUT2D eigenvalue weighted by molar-refractivity contribution is 5.89. The molecule has 98 valence electrons. The number of hydrogen-bond acceptors (Lipinski definition) is 5. The molecule has 19 heavy (non-hydrogen) atoms. The molecule has 0 atom stereocenters. The van der Waals surface area contributed by atoms with Crippen LogP contribution in [0, 0.1) is 0 Å². The quantitative estimate of drug-likeness (QED) is 0.790. The van der Waals surface area contributed by atoms with Crippen LogP contribution in [0.2, 0.25) is 0 Å². The summed E-state index contributed by atoms with van der Waals surface area (Å²) in [6, 6.07) is 10.1. The number of rotatable bonds is 4. The molecular weight excluding hydrogens is 246 g/mol. The second kappa shape index (κ2) is 5.86. The van der Waals surface area contributed by atoms with E-state index in [1.54, 1.807) is 49.7 Å². The Morgan fingerprint density at radius 3 is 2.21 bits per heavy atom. The van der Waals surface area contributed by atoms with Gasteiger partial charge in [-0.1, -0.05) is 0 Å². The van der Waals surface area contributed by atoms with E-state index in [0.717, 1.165) is 0 Å². The third-order valence-corrected chi connectivity index (χ3v) is 2.44. The SMILES string of the molecule is COC(=O)c1ccc(Oc2ccc(OC)cn2)cc1. The molecule has 2 aromatic rings. The Labute approximate surface area is 110 Å². The molecule has 0 N–H and O–H groups in total. The highest BCUT2D eigenvalue weighted by atomic mass is 16.5. The summed E-state index contributed by atoms with van der Waals surface area (Å²) in [5.41, 5.74) is 0.470. The summed E-state index contributed by atoms with van der Waals surface area (Å²) in [4.78, 5) is 15.3. The summed E-state index contributed by atoms with van der Waals surface area (Å²) < 4.78 is 15.1. The number of esters is 1. The van der Waals surface area contributed by atoms with Gasteiger partial charge in [0.2, 0.25) is 5.88 Å². The monoisotopic (exact) mass is 259 g/mol. The van der Waals surface area contributed by atoms with Crippen molar-refractivity contribution in [2.75, 3.05) is 14.2 Å². The van der Waals surface area contributed by atoms with Crippen molar-refractivity contribution in [1.29, 1.82) is 0 Å². The molecule has 0 bridgehead atoms. The largest absolute Gasteiger partial charge is 0.495 e. The lowest BCUT2D eigenvalue weighted by molar-refractivity contribution is 0.0600. The number of hydrogen-bond donors (Lipinski definition) is 0. The van der Waals surface area contributed by atoms with Crippen LogP contribution in [-0.4, -0.2) is 25.2 Å². The maximum Gasteiger partial charge on any atom is 0.337 e. The van der Waals surface area contributed by atoms with E-state index in [1.165, 1.54) is 7.11 Å². The van der Waals surface area contributed by atoms with Gasteiger partial charge in [0.1, 0.15) is 11.5 Å². The van der Waals surface area contributed by atoms with E-state index in [9.17, 15) is 4.79 Å². The number of benzene rings is 1. The Kier molecular flexibility index (Phi) is 3.97. The van der Waals surface area contributed by atoms with Gasteiger partial charge in [-0.3, -0.25) is 0 Å². The van der Waals surface area contributed by atoms with E-state index in [1.807, 2.05) is 0 Å². The lowest BCUT2D eigenvalue weighted by Crippen LogP contribution is -2.00. The van der Waals surface area contributed by atoms with Gasteiger partial charge in [0.25, 0.3) is 0 Å². The van der Waals surface area contributed by atoms with Crippen LogP contribution in [0.5, 0.6) is 17.4 Å². The van der Waals surface area contributed by atoms with E-state index >= 15 is 0 Å². The third kappa shape index (κ3) is 3.22. The average molecular weight is 259 g/mol. The molecule has 5 nitrogen and oxygen atoms in total. The number of ether oxygens (including phenoxy) is 3. The summed E-state index contributed by atoms with van der Waals surface area (Å²) in [5, 5.41) is 0. The van der Waals surface area contributed by atoms with E-state index in [0.29, 0.717) is 22.9 Å². The maximum atomic E-state index is 11.3. The molecule has 0 aliphatic carbocycles. The summed E-state index contributed by atoms with van der Waals surface area (Å²) in [7, 11) is 2.91. The average Bonchev–Trinajstić information content (AvgIpc) is 2.48. The van der Waals surface area contributed by atoms with Gasteiger partial charge in [-0.25, -0.2) is 9.78 Å². The second-order valence-corrected chi connectivity index (χ2v) is 3.65. The van der Waals surface area contributed by atoms with Crippen LogP contribution in [0.25, 0.3) is 0 Å². The minimum Gasteiger partial charge on any atom is -0.495 e. The Morgan fingerprint density at radius 2 is 1.68 bits per heavy atom. The molecule has 1 heterocycles. The number of nitrogens with zero attached hydrogens (tertiary/aromatic N) is 1. The molecule has 0 unspecified atom stereocenters. The van der Waals surface area contributed by atoms with Gasteiger partial charge in [-0.2, -0.15) is 0 Å². The highest BCUT2D eigenvalue weighted by Crippen LogP contribution is 2.21. The number of pyridine rings is 1. The standard InChI is InChI=1S/C14H13NO4/c1-17-12-7-8-13(15-9-12)19-11-5-3-10(4-6-11)14(16)18-2/h3-9H,1-2H3. The Morgan fingerprint density at radius 1 is 1.00 bits per heavy atom. The van der Waals surface area contributed by atoms with Gasteiger partial charge in [0.05, 0.1) is 26.0 Å². The van der Waals surface area contributed by atoms with Gasteiger partial charge in [0, 0.05) is 6.07 Å². The molecule has 1 aromatic carbocycles. The summed E-state index contributed by atoms with van der Waals surface area (Å²) in [6.07, 6.45) is 1.57. The molecule has 5 heteroatoms. The van der Waals surface area contributed by atoms with Crippen LogP contribution < -0.4 is 9.47 Å². The molecule has 1 aromatic heterocycles. The Bertz CT molecular complexity index is 549. The fourth-order valence-corrected chi connectivity index (χ4v) is 1.45. The first-order valence-corrected chi connectivity index (χ1v) is 5.59. The third-order valence-electron chi connectivity index (χ3n) is 2.44. The molecule has 0 saturated carbocycles. The van der Waals surface area contributed by atoms with Crippen LogP contribution in [0.3, 0.4) is 0 Å². The molecule has 0 spiro atoms. The van der Waals surface area contributed by atoms with Crippen molar-refractivity contribution in [3.63, 3.8) is 0 Å². The molecule has 2 rings (SSSR count). The predicted molar refractivity (Wildman–Crippen MR) is 68.6 cm³/mol. The first-order chi connectivity index (χ1) is 9.22. The first-order valence-electron chi connectivity index (χ1n) is 5.59. The smallest absolute Gasteiger partial charge is 0.337 e. The zero-order valence-electron chi connectivity index (χ0n) is 10.6. The number of methoxy groups -OCH3 is 2. The summed E-state index contributed by atoms with van der Waals surface area (Å²) in [6.45, 7) is 0. The van der Waals surface area contributed by atoms with Crippen LogP contribution in [0.1, 0.15) is 10.4 Å². The predicted octanol–water partition coefficient (Wildman–Crippen LogP) is 2.67.